The highest BCUT2D eigenvalue weighted by molar-refractivity contribution is 5.17. The van der Waals surface area contributed by atoms with E-state index in [4.69, 9.17) is 0 Å². The highest BCUT2D eigenvalue weighted by Gasteiger charge is 2.09. The highest BCUT2D eigenvalue weighted by Crippen LogP contribution is 2.09. The van der Waals surface area contributed by atoms with Crippen LogP contribution >= 0.6 is 0 Å². The molecule has 0 amide bonds. The maximum absolute atomic E-state index is 4.49. The second-order valence-electron chi connectivity index (χ2n) is 5.03. The van der Waals surface area contributed by atoms with E-state index in [-0.39, 0.29) is 0 Å². The number of nitrogens with zero attached hydrogens (tertiary/aromatic N) is 3. The van der Waals surface area contributed by atoms with Gasteiger partial charge in [-0.1, -0.05) is 20.8 Å². The minimum atomic E-state index is 0.518. The van der Waals surface area contributed by atoms with Gasteiger partial charge in [-0.05, 0) is 20.5 Å². The van der Waals surface area contributed by atoms with Gasteiger partial charge in [0.05, 0.1) is 12.7 Å². The second kappa shape index (κ2) is 6.77. The number of hydrogen-bond donors (Lipinski definition) is 1. The Morgan fingerprint density at radius 3 is 2.65 bits per heavy atom. The van der Waals surface area contributed by atoms with Gasteiger partial charge in [0.25, 0.3) is 0 Å². The van der Waals surface area contributed by atoms with E-state index < -0.39 is 0 Å². The Morgan fingerprint density at radius 2 is 2.12 bits per heavy atom. The lowest BCUT2D eigenvalue weighted by Crippen LogP contribution is -2.23. The first-order valence-electron chi connectivity index (χ1n) is 6.46. The first-order chi connectivity index (χ1) is 8.04. The summed E-state index contributed by atoms with van der Waals surface area (Å²) in [6.45, 7) is 9.46. The van der Waals surface area contributed by atoms with E-state index in [9.17, 15) is 0 Å². The topological polar surface area (TPSA) is 33.1 Å². The Balaban J connectivity index is 2.66. The molecule has 0 aromatic carbocycles. The molecule has 0 bridgehead atoms. The van der Waals surface area contributed by atoms with E-state index in [0.29, 0.717) is 6.04 Å². The van der Waals surface area contributed by atoms with Crippen LogP contribution in [-0.2, 0) is 19.5 Å². The lowest BCUT2D eigenvalue weighted by atomic mass is 10.2. The smallest absolute Gasteiger partial charge is 0.0539 e. The average molecular weight is 238 g/mol. The van der Waals surface area contributed by atoms with Crippen LogP contribution < -0.4 is 5.32 Å². The zero-order valence-corrected chi connectivity index (χ0v) is 11.8. The van der Waals surface area contributed by atoms with E-state index >= 15 is 0 Å². The third-order valence-corrected chi connectivity index (χ3v) is 2.83. The molecule has 0 unspecified atom stereocenters. The molecule has 1 aromatic heterocycles. The molecule has 4 heteroatoms. The van der Waals surface area contributed by atoms with E-state index in [1.54, 1.807) is 0 Å². The van der Waals surface area contributed by atoms with Gasteiger partial charge in [0.2, 0.25) is 0 Å². The fourth-order valence-corrected chi connectivity index (χ4v) is 1.81. The minimum Gasteiger partial charge on any atom is -0.310 e. The van der Waals surface area contributed by atoms with Crippen molar-refractivity contribution in [2.45, 2.75) is 46.3 Å². The maximum atomic E-state index is 4.49. The van der Waals surface area contributed by atoms with Gasteiger partial charge in [0.1, 0.15) is 0 Å². The van der Waals surface area contributed by atoms with Gasteiger partial charge in [-0.2, -0.15) is 5.10 Å². The Bertz CT molecular complexity index is 299. The van der Waals surface area contributed by atoms with E-state index in [1.807, 2.05) is 6.20 Å². The van der Waals surface area contributed by atoms with Gasteiger partial charge in [-0.15, -0.1) is 0 Å². The van der Waals surface area contributed by atoms with Crippen molar-refractivity contribution in [3.63, 3.8) is 0 Å². The Kier molecular flexibility index (Phi) is 5.65. The summed E-state index contributed by atoms with van der Waals surface area (Å²) in [6, 6.07) is 0.518. The van der Waals surface area contributed by atoms with E-state index in [0.717, 1.165) is 26.1 Å². The molecule has 0 aliphatic heterocycles. The van der Waals surface area contributed by atoms with Crippen molar-refractivity contribution in [3.05, 3.63) is 17.5 Å². The van der Waals surface area contributed by atoms with Gasteiger partial charge in [-0.3, -0.25) is 4.68 Å². The molecule has 0 aliphatic rings. The molecular formula is C13H26N4. The van der Waals surface area contributed by atoms with Gasteiger partial charge < -0.3 is 10.2 Å². The number of rotatable bonds is 7. The molecule has 0 saturated heterocycles. The van der Waals surface area contributed by atoms with Gasteiger partial charge in [0, 0.05) is 30.4 Å². The molecule has 0 aliphatic carbocycles. The van der Waals surface area contributed by atoms with Crippen molar-refractivity contribution >= 4 is 0 Å². The zero-order valence-electron chi connectivity index (χ0n) is 11.8. The van der Waals surface area contributed by atoms with Crippen LogP contribution in [0.3, 0.4) is 0 Å². The highest BCUT2D eigenvalue weighted by atomic mass is 15.3. The molecule has 4 nitrogen and oxygen atoms in total. The first-order valence-corrected chi connectivity index (χ1v) is 6.46. The fourth-order valence-electron chi connectivity index (χ4n) is 1.81. The molecule has 1 heterocycles. The van der Waals surface area contributed by atoms with Crippen LogP contribution in [0, 0.1) is 0 Å². The lowest BCUT2D eigenvalue weighted by Gasteiger charge is -2.13. The lowest BCUT2D eigenvalue weighted by molar-refractivity contribution is 0.369. The van der Waals surface area contributed by atoms with Crippen LogP contribution in [0.2, 0.25) is 0 Å². The summed E-state index contributed by atoms with van der Waals surface area (Å²) in [6.07, 6.45) is 3.05. The fraction of sp³-hybridized carbons (Fsp3) is 0.769. The number of hydrogen-bond acceptors (Lipinski definition) is 3. The number of likely N-dealkylation sites (N-methyl/N-ethyl adjacent to an activating group) is 1. The molecule has 0 spiro atoms. The quantitative estimate of drug-likeness (QED) is 0.781. The summed E-state index contributed by atoms with van der Waals surface area (Å²) in [5, 5.41) is 7.94. The molecule has 0 radical (unpaired) electrons. The summed E-state index contributed by atoms with van der Waals surface area (Å²) in [4.78, 5) is 2.19. The molecule has 0 fully saturated rings. The van der Waals surface area contributed by atoms with Crippen LogP contribution in [0.25, 0.3) is 0 Å². The number of aromatic nitrogens is 2. The molecule has 17 heavy (non-hydrogen) atoms. The van der Waals surface area contributed by atoms with Crippen molar-refractivity contribution in [3.8, 4) is 0 Å². The molecule has 1 N–H and O–H groups in total. The van der Waals surface area contributed by atoms with Crippen LogP contribution in [0.5, 0.6) is 0 Å². The van der Waals surface area contributed by atoms with Gasteiger partial charge in [-0.25, -0.2) is 0 Å². The molecular weight excluding hydrogens is 212 g/mol. The van der Waals surface area contributed by atoms with Crippen molar-refractivity contribution in [1.82, 2.24) is 20.0 Å². The SMILES string of the molecule is CCc1c(CNC(C)C)cnn1CCN(C)C. The van der Waals surface area contributed by atoms with Crippen LogP contribution in [-0.4, -0.2) is 41.4 Å². The molecule has 0 atom stereocenters. The van der Waals surface area contributed by atoms with Crippen molar-refractivity contribution in [1.29, 1.82) is 0 Å². The van der Waals surface area contributed by atoms with Crippen molar-refractivity contribution in [2.75, 3.05) is 20.6 Å². The van der Waals surface area contributed by atoms with Crippen molar-refractivity contribution in [2.24, 2.45) is 0 Å². The van der Waals surface area contributed by atoms with Crippen LogP contribution in [0.4, 0.5) is 0 Å². The largest absolute Gasteiger partial charge is 0.310 e. The summed E-state index contributed by atoms with van der Waals surface area (Å²) in [5.41, 5.74) is 2.69. The summed E-state index contributed by atoms with van der Waals surface area (Å²) < 4.78 is 2.14. The molecule has 0 saturated carbocycles. The van der Waals surface area contributed by atoms with Gasteiger partial charge >= 0.3 is 0 Å². The van der Waals surface area contributed by atoms with Crippen molar-refractivity contribution < 1.29 is 0 Å². The van der Waals surface area contributed by atoms with E-state index in [2.05, 4.69) is 54.9 Å². The third kappa shape index (κ3) is 4.48. The van der Waals surface area contributed by atoms with Crippen LogP contribution in [0.1, 0.15) is 32.0 Å². The predicted molar refractivity (Wildman–Crippen MR) is 72.1 cm³/mol. The molecule has 98 valence electrons. The standard InChI is InChI=1S/C13H26N4/c1-6-13-12(9-14-11(2)3)10-15-17(13)8-7-16(4)5/h10-11,14H,6-9H2,1-5H3. The Hall–Kier alpha value is -0.870. The molecule has 1 rings (SSSR count). The van der Waals surface area contributed by atoms with Crippen LogP contribution in [0.15, 0.2) is 6.20 Å². The summed E-state index contributed by atoms with van der Waals surface area (Å²) >= 11 is 0. The summed E-state index contributed by atoms with van der Waals surface area (Å²) in [7, 11) is 4.19. The maximum Gasteiger partial charge on any atom is 0.0539 e. The molecule has 1 aromatic rings. The third-order valence-electron chi connectivity index (χ3n) is 2.83. The number of nitrogens with one attached hydrogen (secondary N) is 1. The first kappa shape index (κ1) is 14.2. The zero-order chi connectivity index (χ0) is 12.8. The van der Waals surface area contributed by atoms with Gasteiger partial charge in [0.15, 0.2) is 0 Å². The Labute approximate surface area is 105 Å². The monoisotopic (exact) mass is 238 g/mol. The second-order valence-corrected chi connectivity index (χ2v) is 5.03. The minimum absolute atomic E-state index is 0.518. The normalized spacial score (nSPS) is 11.7. The predicted octanol–water partition coefficient (Wildman–Crippen LogP) is 1.51. The van der Waals surface area contributed by atoms with E-state index in [1.165, 1.54) is 11.3 Å². The summed E-state index contributed by atoms with van der Waals surface area (Å²) in [5.74, 6) is 0. The average Bonchev–Trinajstić information content (AvgIpc) is 2.65. The Morgan fingerprint density at radius 1 is 1.41 bits per heavy atom.